The van der Waals surface area contributed by atoms with E-state index in [2.05, 4.69) is 47.1 Å². The van der Waals surface area contributed by atoms with E-state index in [-0.39, 0.29) is 0 Å². The topological polar surface area (TPSA) is 45.5 Å². The molecule has 0 spiro atoms. The van der Waals surface area contributed by atoms with Crippen LogP contribution in [0.5, 0.6) is 0 Å². The van der Waals surface area contributed by atoms with Gasteiger partial charge in [-0.3, -0.25) is 0 Å². The molecule has 0 radical (unpaired) electrons. The van der Waals surface area contributed by atoms with Crippen LogP contribution in [-0.2, 0) is 0 Å². The Morgan fingerprint density at radius 1 is 1.37 bits per heavy atom. The highest BCUT2D eigenvalue weighted by Gasteiger charge is 2.10. The van der Waals surface area contributed by atoms with Gasteiger partial charge in [0.15, 0.2) is 5.82 Å². The van der Waals surface area contributed by atoms with Gasteiger partial charge in [-0.15, -0.1) is 0 Å². The average molecular weight is 261 g/mol. The molecule has 2 heterocycles. The van der Waals surface area contributed by atoms with Gasteiger partial charge in [0.25, 0.3) is 0 Å². The van der Waals surface area contributed by atoms with Gasteiger partial charge >= 0.3 is 0 Å². The first-order valence-electron chi connectivity index (χ1n) is 6.94. The van der Waals surface area contributed by atoms with Gasteiger partial charge in [0.1, 0.15) is 5.52 Å². The first-order valence-corrected chi connectivity index (χ1v) is 6.94. The fraction of sp³-hybridized carbons (Fsp3) is 0.571. The van der Waals surface area contributed by atoms with Crippen LogP contribution in [0.3, 0.4) is 0 Å². The van der Waals surface area contributed by atoms with E-state index in [0.717, 1.165) is 36.7 Å². The minimum atomic E-state index is 0.355. The van der Waals surface area contributed by atoms with Crippen LogP contribution in [0.25, 0.3) is 5.52 Å². The maximum Gasteiger partial charge on any atom is 0.152 e. The summed E-state index contributed by atoms with van der Waals surface area (Å²) in [5.74, 6) is 0.905. The molecule has 1 atom stereocenters. The SMILES string of the molecule is CCN(CC)CC(C)Nc1nccn2nc(C)cc12. The Morgan fingerprint density at radius 2 is 2.11 bits per heavy atom. The molecule has 0 fully saturated rings. The Kier molecular flexibility index (Phi) is 4.37. The number of hydrogen-bond donors (Lipinski definition) is 1. The van der Waals surface area contributed by atoms with Crippen molar-refractivity contribution in [3.05, 3.63) is 24.2 Å². The van der Waals surface area contributed by atoms with Crippen molar-refractivity contribution in [1.82, 2.24) is 19.5 Å². The van der Waals surface area contributed by atoms with Crippen molar-refractivity contribution >= 4 is 11.3 Å². The van der Waals surface area contributed by atoms with Crippen molar-refractivity contribution in [1.29, 1.82) is 0 Å². The molecule has 2 aromatic rings. The van der Waals surface area contributed by atoms with E-state index in [1.165, 1.54) is 0 Å². The maximum absolute atomic E-state index is 4.43. The van der Waals surface area contributed by atoms with Crippen LogP contribution in [-0.4, -0.2) is 45.2 Å². The van der Waals surface area contributed by atoms with E-state index >= 15 is 0 Å². The number of aromatic nitrogens is 3. The van der Waals surface area contributed by atoms with Crippen LogP contribution in [0, 0.1) is 6.92 Å². The van der Waals surface area contributed by atoms with E-state index in [1.54, 1.807) is 6.20 Å². The highest BCUT2D eigenvalue weighted by molar-refractivity contribution is 5.67. The first-order chi connectivity index (χ1) is 9.13. The molecule has 2 aromatic heterocycles. The lowest BCUT2D eigenvalue weighted by molar-refractivity contribution is 0.294. The van der Waals surface area contributed by atoms with Gasteiger partial charge in [-0.05, 0) is 33.0 Å². The lowest BCUT2D eigenvalue weighted by Crippen LogP contribution is -2.35. The second-order valence-corrected chi connectivity index (χ2v) is 4.92. The van der Waals surface area contributed by atoms with Crippen LogP contribution < -0.4 is 5.32 Å². The van der Waals surface area contributed by atoms with Crippen molar-refractivity contribution in [2.75, 3.05) is 25.0 Å². The van der Waals surface area contributed by atoms with Gasteiger partial charge in [-0.1, -0.05) is 13.8 Å². The summed E-state index contributed by atoms with van der Waals surface area (Å²) in [4.78, 5) is 6.83. The van der Waals surface area contributed by atoms with Gasteiger partial charge in [-0.25, -0.2) is 9.50 Å². The Hall–Kier alpha value is -1.62. The quantitative estimate of drug-likeness (QED) is 0.865. The third kappa shape index (κ3) is 3.23. The van der Waals surface area contributed by atoms with E-state index in [9.17, 15) is 0 Å². The summed E-state index contributed by atoms with van der Waals surface area (Å²) in [7, 11) is 0. The molecule has 0 amide bonds. The minimum Gasteiger partial charge on any atom is -0.365 e. The van der Waals surface area contributed by atoms with E-state index < -0.39 is 0 Å². The normalized spacial score (nSPS) is 13.1. The smallest absolute Gasteiger partial charge is 0.152 e. The second-order valence-electron chi connectivity index (χ2n) is 4.92. The van der Waals surface area contributed by atoms with Crippen molar-refractivity contribution in [2.45, 2.75) is 33.7 Å². The van der Waals surface area contributed by atoms with Crippen molar-refractivity contribution in [3.8, 4) is 0 Å². The zero-order valence-electron chi connectivity index (χ0n) is 12.2. The fourth-order valence-electron chi connectivity index (χ4n) is 2.30. The standard InChI is InChI=1S/C14H23N5/c1-5-18(6-2)10-12(4)16-14-13-9-11(3)17-19(13)8-7-15-14/h7-9,12H,5-6,10H2,1-4H3,(H,15,16). The number of rotatable bonds is 6. The Labute approximate surface area is 114 Å². The van der Waals surface area contributed by atoms with Crippen molar-refractivity contribution < 1.29 is 0 Å². The predicted molar refractivity (Wildman–Crippen MR) is 78.6 cm³/mol. The number of nitrogens with zero attached hydrogens (tertiary/aromatic N) is 4. The molecule has 0 aliphatic rings. The largest absolute Gasteiger partial charge is 0.365 e. The lowest BCUT2D eigenvalue weighted by atomic mass is 10.3. The summed E-state index contributed by atoms with van der Waals surface area (Å²) in [5, 5.41) is 7.88. The Bertz CT molecular complexity index is 530. The molecule has 19 heavy (non-hydrogen) atoms. The number of likely N-dealkylation sites (N-methyl/N-ethyl adjacent to an activating group) is 1. The number of anilines is 1. The molecule has 0 bridgehead atoms. The summed E-state index contributed by atoms with van der Waals surface area (Å²) in [6.07, 6.45) is 3.66. The number of nitrogens with one attached hydrogen (secondary N) is 1. The van der Waals surface area contributed by atoms with E-state index in [4.69, 9.17) is 0 Å². The second kappa shape index (κ2) is 6.02. The van der Waals surface area contributed by atoms with Crippen LogP contribution >= 0.6 is 0 Å². The Balaban J connectivity index is 2.12. The van der Waals surface area contributed by atoms with Gasteiger partial charge in [-0.2, -0.15) is 5.10 Å². The summed E-state index contributed by atoms with van der Waals surface area (Å²) in [6.45, 7) is 11.7. The minimum absolute atomic E-state index is 0.355. The molecule has 1 unspecified atom stereocenters. The van der Waals surface area contributed by atoms with Crippen molar-refractivity contribution in [2.24, 2.45) is 0 Å². The zero-order valence-corrected chi connectivity index (χ0v) is 12.2. The Morgan fingerprint density at radius 3 is 2.79 bits per heavy atom. The third-order valence-electron chi connectivity index (χ3n) is 3.32. The van der Waals surface area contributed by atoms with Crippen LogP contribution in [0.15, 0.2) is 18.5 Å². The molecular weight excluding hydrogens is 238 g/mol. The monoisotopic (exact) mass is 261 g/mol. The highest BCUT2D eigenvalue weighted by atomic mass is 15.2. The zero-order chi connectivity index (χ0) is 13.8. The molecule has 2 rings (SSSR count). The van der Waals surface area contributed by atoms with Crippen molar-refractivity contribution in [3.63, 3.8) is 0 Å². The molecule has 0 aliphatic heterocycles. The predicted octanol–water partition coefficient (Wildman–Crippen LogP) is 2.18. The van der Waals surface area contributed by atoms with Crippen LogP contribution in [0.1, 0.15) is 26.5 Å². The fourth-order valence-corrected chi connectivity index (χ4v) is 2.30. The molecule has 0 aromatic carbocycles. The number of fused-ring (bicyclic) bond motifs is 1. The maximum atomic E-state index is 4.43. The van der Waals surface area contributed by atoms with Crippen LogP contribution in [0.4, 0.5) is 5.82 Å². The third-order valence-corrected chi connectivity index (χ3v) is 3.32. The number of hydrogen-bond acceptors (Lipinski definition) is 4. The molecular formula is C14H23N5. The lowest BCUT2D eigenvalue weighted by Gasteiger charge is -2.23. The average Bonchev–Trinajstić information content (AvgIpc) is 2.77. The van der Waals surface area contributed by atoms with Gasteiger partial charge in [0, 0.05) is 25.0 Å². The van der Waals surface area contributed by atoms with Crippen LogP contribution in [0.2, 0.25) is 0 Å². The molecule has 104 valence electrons. The summed E-state index contributed by atoms with van der Waals surface area (Å²) >= 11 is 0. The summed E-state index contributed by atoms with van der Waals surface area (Å²) in [6, 6.07) is 2.41. The summed E-state index contributed by atoms with van der Waals surface area (Å²) in [5.41, 5.74) is 2.04. The number of aryl methyl sites for hydroxylation is 1. The molecule has 1 N–H and O–H groups in total. The van der Waals surface area contributed by atoms with Gasteiger partial charge in [0.05, 0.1) is 5.69 Å². The molecule has 0 aliphatic carbocycles. The van der Waals surface area contributed by atoms with Gasteiger partial charge < -0.3 is 10.2 Å². The van der Waals surface area contributed by atoms with E-state index in [0.29, 0.717) is 6.04 Å². The van der Waals surface area contributed by atoms with Gasteiger partial charge in [0.2, 0.25) is 0 Å². The molecule has 5 nitrogen and oxygen atoms in total. The molecule has 0 saturated carbocycles. The first kappa shape index (κ1) is 13.8. The summed E-state index contributed by atoms with van der Waals surface area (Å²) < 4.78 is 1.87. The van der Waals surface area contributed by atoms with E-state index in [1.807, 2.05) is 17.6 Å². The highest BCUT2D eigenvalue weighted by Crippen LogP contribution is 2.15. The molecule has 0 saturated heterocycles. The molecule has 5 heteroatoms.